The molecule has 0 aliphatic carbocycles. The molecule has 0 N–H and O–H groups in total. The first-order chi connectivity index (χ1) is 14.2. The number of esters is 1. The second-order valence-electron chi connectivity index (χ2n) is 6.30. The van der Waals surface area contributed by atoms with Crippen LogP contribution in [-0.2, 0) is 11.3 Å². The van der Waals surface area contributed by atoms with Crippen molar-refractivity contribution >= 4 is 16.9 Å². The van der Waals surface area contributed by atoms with Gasteiger partial charge in [0.05, 0.1) is 5.39 Å². The molecule has 1 aliphatic rings. The van der Waals surface area contributed by atoms with Gasteiger partial charge in [-0.2, -0.15) is 0 Å². The first-order valence-corrected chi connectivity index (χ1v) is 8.73. The number of carbonyl (C=O) groups excluding carboxylic acids is 1. The van der Waals surface area contributed by atoms with Crippen LogP contribution in [0.3, 0.4) is 0 Å². The molecular formula is C21H13NO7. The number of para-hydroxylation sites is 1. The maximum Gasteiger partial charge on any atom is 0.374 e. The number of carbonyl (C=O) groups is 1. The third-order valence-corrected chi connectivity index (χ3v) is 4.40. The van der Waals surface area contributed by atoms with E-state index in [2.05, 4.69) is 5.16 Å². The Hall–Kier alpha value is -4.07. The van der Waals surface area contributed by atoms with E-state index < -0.39 is 5.97 Å². The fraction of sp³-hybridized carbons (Fsp3) is 0.0952. The second-order valence-corrected chi connectivity index (χ2v) is 6.30. The highest BCUT2D eigenvalue weighted by molar-refractivity contribution is 5.88. The summed E-state index contributed by atoms with van der Waals surface area (Å²) < 4.78 is 26.6. The number of hydrogen-bond donors (Lipinski definition) is 0. The van der Waals surface area contributed by atoms with Gasteiger partial charge in [-0.25, -0.2) is 4.79 Å². The van der Waals surface area contributed by atoms with E-state index in [1.807, 2.05) is 6.07 Å². The Labute approximate surface area is 163 Å². The number of ether oxygens (including phenoxy) is 3. The maximum absolute atomic E-state index is 12.3. The number of rotatable bonds is 4. The average molecular weight is 391 g/mol. The van der Waals surface area contributed by atoms with Gasteiger partial charge < -0.3 is 23.2 Å². The second kappa shape index (κ2) is 6.83. The minimum atomic E-state index is -0.763. The predicted octanol–water partition coefficient (Wildman–Crippen LogP) is 3.53. The third-order valence-electron chi connectivity index (χ3n) is 4.40. The Morgan fingerprint density at radius 2 is 1.90 bits per heavy atom. The van der Waals surface area contributed by atoms with E-state index in [0.29, 0.717) is 33.9 Å². The van der Waals surface area contributed by atoms with Gasteiger partial charge in [-0.3, -0.25) is 4.79 Å². The van der Waals surface area contributed by atoms with Crippen LogP contribution in [0.1, 0.15) is 16.2 Å². The summed E-state index contributed by atoms with van der Waals surface area (Å²) in [6, 6.07) is 14.8. The molecule has 0 atom stereocenters. The van der Waals surface area contributed by atoms with Crippen LogP contribution in [0.15, 0.2) is 68.3 Å². The highest BCUT2D eigenvalue weighted by Crippen LogP contribution is 2.36. The van der Waals surface area contributed by atoms with Crippen molar-refractivity contribution in [2.45, 2.75) is 6.61 Å². The van der Waals surface area contributed by atoms with Crippen LogP contribution < -0.4 is 14.9 Å². The zero-order valence-corrected chi connectivity index (χ0v) is 14.9. The van der Waals surface area contributed by atoms with Gasteiger partial charge >= 0.3 is 5.97 Å². The summed E-state index contributed by atoms with van der Waals surface area (Å²) in [5.74, 6) is 0.845. The van der Waals surface area contributed by atoms with Gasteiger partial charge in [-0.1, -0.05) is 17.3 Å². The molecule has 0 unspecified atom stereocenters. The molecule has 2 aromatic heterocycles. The molecule has 5 rings (SSSR count). The van der Waals surface area contributed by atoms with Crippen molar-refractivity contribution in [1.82, 2.24) is 5.16 Å². The SMILES string of the molecule is O=C(OCc1cc(-c2ccc3c(c2)OCO3)on1)c1cc(=O)c2ccccc2o1. The molecule has 0 bridgehead atoms. The van der Waals surface area contributed by atoms with Crippen LogP contribution in [-0.4, -0.2) is 17.9 Å². The number of aromatic nitrogens is 1. The van der Waals surface area contributed by atoms with Crippen LogP contribution >= 0.6 is 0 Å². The molecular weight excluding hydrogens is 378 g/mol. The largest absolute Gasteiger partial charge is 0.454 e. The number of nitrogens with zero attached hydrogens (tertiary/aromatic N) is 1. The van der Waals surface area contributed by atoms with Gasteiger partial charge in [0, 0.05) is 17.7 Å². The topological polar surface area (TPSA) is 101 Å². The number of hydrogen-bond acceptors (Lipinski definition) is 8. The van der Waals surface area contributed by atoms with Crippen molar-refractivity contribution in [3.8, 4) is 22.8 Å². The van der Waals surface area contributed by atoms with Gasteiger partial charge in [-0.05, 0) is 30.3 Å². The minimum Gasteiger partial charge on any atom is -0.454 e. The predicted molar refractivity (Wildman–Crippen MR) is 99.7 cm³/mol. The maximum atomic E-state index is 12.3. The molecule has 0 spiro atoms. The first kappa shape index (κ1) is 17.1. The summed E-state index contributed by atoms with van der Waals surface area (Å²) in [5.41, 5.74) is 1.16. The zero-order chi connectivity index (χ0) is 19.8. The van der Waals surface area contributed by atoms with E-state index in [1.54, 1.807) is 42.5 Å². The van der Waals surface area contributed by atoms with Gasteiger partial charge in [0.1, 0.15) is 17.9 Å². The molecule has 29 heavy (non-hydrogen) atoms. The Bertz CT molecular complexity index is 1290. The average Bonchev–Trinajstić information content (AvgIpc) is 3.40. The summed E-state index contributed by atoms with van der Waals surface area (Å²) in [4.78, 5) is 24.4. The normalized spacial score (nSPS) is 12.3. The van der Waals surface area contributed by atoms with Crippen LogP contribution in [0.5, 0.6) is 11.5 Å². The van der Waals surface area contributed by atoms with Crippen molar-refractivity contribution in [2.75, 3.05) is 6.79 Å². The molecule has 8 nitrogen and oxygen atoms in total. The van der Waals surface area contributed by atoms with Crippen LogP contribution in [0.25, 0.3) is 22.3 Å². The third kappa shape index (κ3) is 3.20. The van der Waals surface area contributed by atoms with E-state index in [4.69, 9.17) is 23.2 Å². The summed E-state index contributed by atoms with van der Waals surface area (Å²) >= 11 is 0. The summed E-state index contributed by atoms with van der Waals surface area (Å²) in [6.45, 7) is 0.0463. The number of fused-ring (bicyclic) bond motifs is 2. The van der Waals surface area contributed by atoms with Gasteiger partial charge in [0.15, 0.2) is 22.7 Å². The van der Waals surface area contributed by atoms with Crippen LogP contribution in [0.4, 0.5) is 0 Å². The van der Waals surface area contributed by atoms with Crippen molar-refractivity contribution in [2.24, 2.45) is 0 Å². The van der Waals surface area contributed by atoms with E-state index in [9.17, 15) is 9.59 Å². The first-order valence-electron chi connectivity index (χ1n) is 8.73. The molecule has 0 saturated heterocycles. The van der Waals surface area contributed by atoms with Crippen molar-refractivity contribution in [1.29, 1.82) is 0 Å². The molecule has 0 radical (unpaired) electrons. The molecule has 1 aliphatic heterocycles. The fourth-order valence-corrected chi connectivity index (χ4v) is 2.98. The smallest absolute Gasteiger partial charge is 0.374 e. The lowest BCUT2D eigenvalue weighted by atomic mass is 10.1. The van der Waals surface area contributed by atoms with E-state index in [-0.39, 0.29) is 24.6 Å². The van der Waals surface area contributed by atoms with Gasteiger partial charge in [-0.15, -0.1) is 0 Å². The van der Waals surface area contributed by atoms with E-state index >= 15 is 0 Å². The molecule has 8 heteroatoms. The lowest BCUT2D eigenvalue weighted by molar-refractivity contribution is 0.0428. The summed E-state index contributed by atoms with van der Waals surface area (Å²) in [5, 5.41) is 4.30. The monoisotopic (exact) mass is 391 g/mol. The number of benzene rings is 2. The van der Waals surface area contributed by atoms with Crippen molar-refractivity contribution in [3.05, 3.63) is 76.3 Å². The molecule has 0 saturated carbocycles. The minimum absolute atomic E-state index is 0.135. The highest BCUT2D eigenvalue weighted by Gasteiger charge is 2.18. The molecule has 4 aromatic rings. The molecule has 2 aromatic carbocycles. The van der Waals surface area contributed by atoms with Crippen LogP contribution in [0, 0.1) is 0 Å². The molecule has 0 fully saturated rings. The highest BCUT2D eigenvalue weighted by atomic mass is 16.7. The molecule has 0 amide bonds. The molecule has 144 valence electrons. The quantitative estimate of drug-likeness (QED) is 0.487. The lowest BCUT2D eigenvalue weighted by Crippen LogP contribution is -2.10. The lowest BCUT2D eigenvalue weighted by Gasteiger charge is -2.03. The zero-order valence-electron chi connectivity index (χ0n) is 14.9. The van der Waals surface area contributed by atoms with Crippen LogP contribution in [0.2, 0.25) is 0 Å². The summed E-state index contributed by atoms with van der Waals surface area (Å²) in [6.07, 6.45) is 0. The Morgan fingerprint density at radius 1 is 1.03 bits per heavy atom. The Kier molecular flexibility index (Phi) is 4.02. The van der Waals surface area contributed by atoms with Crippen molar-refractivity contribution in [3.63, 3.8) is 0 Å². The standard InChI is InChI=1S/C21H13NO7/c23-15-9-20(28-16-4-2-1-3-14(15)16)21(24)25-10-13-8-18(29-22-13)12-5-6-17-19(7-12)27-11-26-17/h1-9H,10-11H2. The summed E-state index contributed by atoms with van der Waals surface area (Å²) in [7, 11) is 0. The van der Waals surface area contributed by atoms with E-state index in [0.717, 1.165) is 11.6 Å². The van der Waals surface area contributed by atoms with Crippen molar-refractivity contribution < 1.29 is 27.9 Å². The van der Waals surface area contributed by atoms with Gasteiger partial charge in [0.25, 0.3) is 0 Å². The Morgan fingerprint density at radius 3 is 2.83 bits per heavy atom. The van der Waals surface area contributed by atoms with E-state index in [1.165, 1.54) is 0 Å². The fourth-order valence-electron chi connectivity index (χ4n) is 2.98. The van der Waals surface area contributed by atoms with Gasteiger partial charge in [0.2, 0.25) is 12.6 Å². The Balaban J connectivity index is 1.31. The molecule has 3 heterocycles.